The Hall–Kier alpha value is -2.38. The molecule has 0 atom stereocenters. The summed E-state index contributed by atoms with van der Waals surface area (Å²) < 4.78 is 12.6. The molecule has 25 heavy (non-hydrogen) atoms. The number of halogens is 1. The van der Waals surface area contributed by atoms with Crippen LogP contribution in [0, 0.1) is 0 Å². The van der Waals surface area contributed by atoms with Crippen LogP contribution in [0.25, 0.3) is 21.9 Å². The number of carboxylic acid groups (broad SMARTS) is 1. The number of hydrogen-bond acceptors (Lipinski definition) is 5. The van der Waals surface area contributed by atoms with E-state index in [4.69, 9.17) is 9.47 Å². The highest BCUT2D eigenvalue weighted by Gasteiger charge is 2.19. The van der Waals surface area contributed by atoms with Gasteiger partial charge in [-0.2, -0.15) is 0 Å². The molecule has 0 saturated heterocycles. The Morgan fingerprint density at radius 3 is 2.96 bits per heavy atom. The Balaban J connectivity index is 1.80. The molecule has 5 nitrogen and oxygen atoms in total. The van der Waals surface area contributed by atoms with E-state index in [2.05, 4.69) is 20.9 Å². The van der Waals surface area contributed by atoms with Gasteiger partial charge in [-0.05, 0) is 57.4 Å². The molecule has 0 spiro atoms. The molecule has 3 aromatic rings. The van der Waals surface area contributed by atoms with Crippen molar-refractivity contribution < 1.29 is 19.4 Å². The lowest BCUT2D eigenvalue weighted by Gasteiger charge is -2.04. The highest BCUT2D eigenvalue weighted by Crippen LogP contribution is 2.41. The van der Waals surface area contributed by atoms with Gasteiger partial charge in [0.1, 0.15) is 5.01 Å². The molecule has 0 amide bonds. The molecule has 0 aliphatic carbocycles. The fraction of sp³-hybridized carbons (Fsp3) is 0.111. The van der Waals surface area contributed by atoms with Crippen LogP contribution in [0.5, 0.6) is 11.5 Å². The van der Waals surface area contributed by atoms with Crippen molar-refractivity contribution in [2.75, 3.05) is 6.79 Å². The number of benzene rings is 2. The van der Waals surface area contributed by atoms with Crippen molar-refractivity contribution in [3.8, 4) is 11.5 Å². The number of nitrogens with zero attached hydrogens (tertiary/aromatic N) is 1. The number of carboxylic acids is 1. The Kier molecular flexibility index (Phi) is 4.19. The van der Waals surface area contributed by atoms with Gasteiger partial charge >= 0.3 is 5.97 Å². The van der Waals surface area contributed by atoms with Gasteiger partial charge in [0.05, 0.1) is 21.1 Å². The van der Waals surface area contributed by atoms with E-state index in [9.17, 15) is 9.90 Å². The predicted molar refractivity (Wildman–Crippen MR) is 100 cm³/mol. The molecule has 7 heteroatoms. The van der Waals surface area contributed by atoms with Gasteiger partial charge in [-0.15, -0.1) is 11.3 Å². The molecule has 0 radical (unpaired) electrons. The maximum absolute atomic E-state index is 11.3. The van der Waals surface area contributed by atoms with E-state index in [1.165, 1.54) is 11.3 Å². The van der Waals surface area contributed by atoms with E-state index >= 15 is 0 Å². The van der Waals surface area contributed by atoms with Crippen LogP contribution in [0.2, 0.25) is 0 Å². The van der Waals surface area contributed by atoms with Crippen molar-refractivity contribution in [3.05, 3.63) is 51.4 Å². The second-order valence-corrected chi connectivity index (χ2v) is 7.35. The van der Waals surface area contributed by atoms with Gasteiger partial charge in [-0.3, -0.25) is 4.79 Å². The first-order valence-corrected chi connectivity index (χ1v) is 9.08. The SMILES string of the molecule is O=C(O)C/C(=C/c1cc(Br)c2c(c1)OCO2)c1nc2ccccc2s1. The summed E-state index contributed by atoms with van der Waals surface area (Å²) in [5.74, 6) is 0.404. The molecule has 0 unspecified atom stereocenters. The van der Waals surface area contributed by atoms with Crippen molar-refractivity contribution in [2.24, 2.45) is 0 Å². The van der Waals surface area contributed by atoms with Crippen molar-refractivity contribution in [2.45, 2.75) is 6.42 Å². The average Bonchev–Trinajstić information content (AvgIpc) is 3.20. The standard InChI is InChI=1S/C18H12BrNO4S/c19-12-6-10(7-14-17(12)24-9-23-14)5-11(8-16(21)22)18-20-13-3-1-2-4-15(13)25-18/h1-7H,8-9H2,(H,21,22)/b11-5-. The summed E-state index contributed by atoms with van der Waals surface area (Å²) in [7, 11) is 0. The smallest absolute Gasteiger partial charge is 0.307 e. The van der Waals surface area contributed by atoms with E-state index in [-0.39, 0.29) is 13.2 Å². The zero-order valence-corrected chi connectivity index (χ0v) is 15.3. The summed E-state index contributed by atoms with van der Waals surface area (Å²) in [5, 5.41) is 10.00. The summed E-state index contributed by atoms with van der Waals surface area (Å²) in [6, 6.07) is 11.5. The first-order chi connectivity index (χ1) is 12.1. The third-order valence-electron chi connectivity index (χ3n) is 3.70. The van der Waals surface area contributed by atoms with E-state index in [1.54, 1.807) is 0 Å². The van der Waals surface area contributed by atoms with Crippen LogP contribution in [0.4, 0.5) is 0 Å². The van der Waals surface area contributed by atoms with Gasteiger partial charge in [-0.25, -0.2) is 4.98 Å². The molecule has 1 N–H and O–H groups in total. The Bertz CT molecular complexity index is 978. The van der Waals surface area contributed by atoms with E-state index < -0.39 is 5.97 Å². The Labute approximate surface area is 155 Å². The number of carbonyl (C=O) groups is 1. The van der Waals surface area contributed by atoms with E-state index in [0.29, 0.717) is 22.1 Å². The lowest BCUT2D eigenvalue weighted by Crippen LogP contribution is -1.97. The molecular formula is C18H12BrNO4S. The molecule has 126 valence electrons. The summed E-state index contributed by atoms with van der Waals surface area (Å²) in [6.07, 6.45) is 1.73. The molecule has 2 heterocycles. The number of para-hydroxylation sites is 1. The van der Waals surface area contributed by atoms with Crippen molar-refractivity contribution in [1.29, 1.82) is 0 Å². The van der Waals surface area contributed by atoms with E-state index in [1.807, 2.05) is 42.5 Å². The van der Waals surface area contributed by atoms with Gasteiger partial charge < -0.3 is 14.6 Å². The van der Waals surface area contributed by atoms with Crippen LogP contribution in [0.15, 0.2) is 40.9 Å². The van der Waals surface area contributed by atoms with Crippen LogP contribution in [-0.4, -0.2) is 22.9 Å². The monoisotopic (exact) mass is 417 g/mol. The molecule has 1 aromatic heterocycles. The largest absolute Gasteiger partial charge is 0.481 e. The lowest BCUT2D eigenvalue weighted by atomic mass is 10.1. The molecule has 2 aromatic carbocycles. The Morgan fingerprint density at radius 1 is 1.32 bits per heavy atom. The maximum atomic E-state index is 11.3. The van der Waals surface area contributed by atoms with Crippen molar-refractivity contribution >= 4 is 55.1 Å². The van der Waals surface area contributed by atoms with Gasteiger partial charge in [-0.1, -0.05) is 12.1 Å². The van der Waals surface area contributed by atoms with Crippen LogP contribution in [0.1, 0.15) is 17.0 Å². The number of aliphatic carboxylic acids is 1. The molecule has 4 rings (SSSR count). The quantitative estimate of drug-likeness (QED) is 0.659. The highest BCUT2D eigenvalue weighted by atomic mass is 79.9. The molecule has 0 bridgehead atoms. The van der Waals surface area contributed by atoms with Crippen molar-refractivity contribution in [1.82, 2.24) is 4.98 Å². The topological polar surface area (TPSA) is 68.7 Å². The van der Waals surface area contributed by atoms with Gasteiger partial charge in [0.2, 0.25) is 6.79 Å². The summed E-state index contributed by atoms with van der Waals surface area (Å²) >= 11 is 4.95. The number of hydrogen-bond donors (Lipinski definition) is 1. The molecular weight excluding hydrogens is 406 g/mol. The zero-order chi connectivity index (χ0) is 17.4. The zero-order valence-electron chi connectivity index (χ0n) is 12.9. The summed E-state index contributed by atoms with van der Waals surface area (Å²) in [5.41, 5.74) is 2.34. The van der Waals surface area contributed by atoms with Gasteiger partial charge in [0.25, 0.3) is 0 Å². The number of rotatable bonds is 4. The second kappa shape index (κ2) is 6.50. The molecule has 0 fully saturated rings. The minimum absolute atomic E-state index is 0.105. The Morgan fingerprint density at radius 2 is 2.16 bits per heavy atom. The first kappa shape index (κ1) is 16.1. The fourth-order valence-corrected chi connectivity index (χ4v) is 4.19. The third-order valence-corrected chi connectivity index (χ3v) is 5.40. The molecule has 1 aliphatic rings. The number of fused-ring (bicyclic) bond motifs is 2. The highest BCUT2D eigenvalue weighted by molar-refractivity contribution is 9.10. The normalized spacial score (nSPS) is 13.4. The summed E-state index contributed by atoms with van der Waals surface area (Å²) in [4.78, 5) is 15.9. The minimum atomic E-state index is -0.898. The van der Waals surface area contributed by atoms with Crippen LogP contribution >= 0.6 is 27.3 Å². The van der Waals surface area contributed by atoms with Crippen LogP contribution < -0.4 is 9.47 Å². The maximum Gasteiger partial charge on any atom is 0.307 e. The second-order valence-electron chi connectivity index (χ2n) is 5.46. The van der Waals surface area contributed by atoms with Crippen LogP contribution in [-0.2, 0) is 4.79 Å². The molecule has 1 aliphatic heterocycles. The molecule has 0 saturated carbocycles. The predicted octanol–water partition coefficient (Wildman–Crippen LogP) is 4.80. The third kappa shape index (κ3) is 3.25. The number of ether oxygens (including phenoxy) is 2. The van der Waals surface area contributed by atoms with Gasteiger partial charge in [0, 0.05) is 0 Å². The van der Waals surface area contributed by atoms with Crippen molar-refractivity contribution in [3.63, 3.8) is 0 Å². The fourth-order valence-electron chi connectivity index (χ4n) is 2.63. The number of thiazole rings is 1. The van der Waals surface area contributed by atoms with E-state index in [0.717, 1.165) is 20.3 Å². The van der Waals surface area contributed by atoms with Crippen LogP contribution in [0.3, 0.4) is 0 Å². The lowest BCUT2D eigenvalue weighted by molar-refractivity contribution is -0.135. The minimum Gasteiger partial charge on any atom is -0.481 e. The average molecular weight is 418 g/mol. The number of aromatic nitrogens is 1. The van der Waals surface area contributed by atoms with Gasteiger partial charge in [0.15, 0.2) is 11.5 Å². The first-order valence-electron chi connectivity index (χ1n) is 7.47. The summed E-state index contributed by atoms with van der Waals surface area (Å²) in [6.45, 7) is 0.182.